The average Bonchev–Trinajstić information content (AvgIpc) is 2.32. The average molecular weight is 272 g/mol. The monoisotopic (exact) mass is 272 g/mol. The molecule has 2 atom stereocenters. The van der Waals surface area contributed by atoms with Crippen LogP contribution in [0.2, 0.25) is 0 Å². The van der Waals surface area contributed by atoms with Crippen LogP contribution in [-0.2, 0) is 19.1 Å². The van der Waals surface area contributed by atoms with Crippen molar-refractivity contribution in [3.05, 3.63) is 25.3 Å². The minimum Gasteiger partial charge on any atom is -0.365 e. The Hall–Kier alpha value is -0.830. The molecule has 4 nitrogen and oxygen atoms in total. The molecule has 18 heavy (non-hydrogen) atoms. The topological polar surface area (TPSA) is 52.6 Å². The Morgan fingerprint density at radius 2 is 1.50 bits per heavy atom. The van der Waals surface area contributed by atoms with Gasteiger partial charge in [-0.05, 0) is 32.9 Å². The molecule has 0 saturated carbocycles. The van der Waals surface area contributed by atoms with E-state index in [1.54, 1.807) is 20.8 Å². The molecule has 0 saturated heterocycles. The summed E-state index contributed by atoms with van der Waals surface area (Å²) in [4.78, 5) is 22.8. The van der Waals surface area contributed by atoms with Crippen LogP contribution in [0.5, 0.6) is 0 Å². The van der Waals surface area contributed by atoms with Gasteiger partial charge in [0.2, 0.25) is 0 Å². The molecular formula is C13H21O4P. The third-order valence-corrected chi connectivity index (χ3v) is 2.85. The van der Waals surface area contributed by atoms with E-state index in [0.717, 1.165) is 0 Å². The molecule has 0 amide bonds. The van der Waals surface area contributed by atoms with Crippen LogP contribution in [0.3, 0.4) is 0 Å². The normalized spacial score (nSPS) is 14.7. The highest BCUT2D eigenvalue weighted by Crippen LogP contribution is 2.21. The summed E-state index contributed by atoms with van der Waals surface area (Å²) in [5, 5.41) is -1.00. The lowest BCUT2D eigenvalue weighted by Crippen LogP contribution is -2.36. The lowest BCUT2D eigenvalue weighted by molar-refractivity contribution is -0.141. The maximum absolute atomic E-state index is 11.4. The van der Waals surface area contributed by atoms with Crippen molar-refractivity contribution in [1.82, 2.24) is 0 Å². The van der Waals surface area contributed by atoms with Gasteiger partial charge in [-0.25, -0.2) is 0 Å². The highest BCUT2D eigenvalue weighted by Gasteiger charge is 2.28. The molecule has 0 aliphatic heterocycles. The quantitative estimate of drug-likeness (QED) is 0.365. The van der Waals surface area contributed by atoms with Crippen molar-refractivity contribution in [2.75, 3.05) is 13.2 Å². The van der Waals surface area contributed by atoms with Crippen LogP contribution in [0, 0.1) is 0 Å². The second kappa shape index (κ2) is 6.93. The fourth-order valence-electron chi connectivity index (χ4n) is 1.14. The van der Waals surface area contributed by atoms with Crippen LogP contribution in [0.1, 0.15) is 20.8 Å². The maximum Gasteiger partial charge on any atom is 0.190 e. The van der Waals surface area contributed by atoms with E-state index in [1.165, 1.54) is 12.2 Å². The molecule has 0 aliphatic carbocycles. The summed E-state index contributed by atoms with van der Waals surface area (Å²) in [7, 11) is 2.32. The number of ether oxygens (including phenoxy) is 2. The Bertz CT molecular complexity index is 311. The van der Waals surface area contributed by atoms with Crippen molar-refractivity contribution < 1.29 is 19.1 Å². The van der Waals surface area contributed by atoms with Crippen molar-refractivity contribution in [2.24, 2.45) is 0 Å². The minimum atomic E-state index is -1.00. The van der Waals surface area contributed by atoms with Crippen molar-refractivity contribution in [1.29, 1.82) is 0 Å². The van der Waals surface area contributed by atoms with Crippen LogP contribution in [0.15, 0.2) is 25.3 Å². The van der Waals surface area contributed by atoms with Crippen molar-refractivity contribution in [2.45, 2.75) is 31.7 Å². The standard InChI is InChI=1S/C13H21O4P/c1-6-10(14)12(3,4)16-8-9-17-13(5,18)11(15)7-2/h6-7H,1-2,8-9,18H2,3-5H3. The van der Waals surface area contributed by atoms with E-state index >= 15 is 0 Å². The summed E-state index contributed by atoms with van der Waals surface area (Å²) in [5.74, 6) is -0.424. The summed E-state index contributed by atoms with van der Waals surface area (Å²) >= 11 is 0. The Balaban J connectivity index is 4.15. The zero-order valence-corrected chi connectivity index (χ0v) is 12.3. The Morgan fingerprint density at radius 3 is 1.94 bits per heavy atom. The highest BCUT2D eigenvalue weighted by molar-refractivity contribution is 7.20. The SMILES string of the molecule is C=CC(=O)C(C)(C)OCCOC(C)(P)C(=O)C=C. The molecule has 0 fully saturated rings. The highest BCUT2D eigenvalue weighted by atomic mass is 31.0. The van der Waals surface area contributed by atoms with Gasteiger partial charge in [0, 0.05) is 0 Å². The fourth-order valence-corrected chi connectivity index (χ4v) is 1.38. The van der Waals surface area contributed by atoms with Gasteiger partial charge in [0.15, 0.2) is 11.6 Å². The number of carbonyl (C=O) groups is 2. The predicted octanol–water partition coefficient (Wildman–Crippen LogP) is 1.90. The molecule has 102 valence electrons. The number of ketones is 2. The van der Waals surface area contributed by atoms with Crippen LogP contribution < -0.4 is 0 Å². The smallest absolute Gasteiger partial charge is 0.190 e. The zero-order chi connectivity index (χ0) is 14.4. The zero-order valence-electron chi connectivity index (χ0n) is 11.2. The summed E-state index contributed by atoms with van der Waals surface area (Å²) < 4.78 is 10.8. The molecule has 0 aromatic heterocycles. The van der Waals surface area contributed by atoms with Gasteiger partial charge < -0.3 is 9.47 Å². The maximum atomic E-state index is 11.4. The first-order valence-electron chi connectivity index (χ1n) is 5.58. The molecule has 0 N–H and O–H groups in total. The lowest BCUT2D eigenvalue weighted by atomic mass is 10.0. The molecule has 0 bridgehead atoms. The van der Waals surface area contributed by atoms with Crippen molar-refractivity contribution in [3.63, 3.8) is 0 Å². The van der Waals surface area contributed by atoms with Crippen molar-refractivity contribution >= 4 is 20.8 Å². The van der Waals surface area contributed by atoms with E-state index in [0.29, 0.717) is 0 Å². The first-order valence-corrected chi connectivity index (χ1v) is 6.15. The Kier molecular flexibility index (Phi) is 6.61. The van der Waals surface area contributed by atoms with Crippen LogP contribution in [-0.4, -0.2) is 35.7 Å². The molecule has 5 heteroatoms. The van der Waals surface area contributed by atoms with Gasteiger partial charge in [0.1, 0.15) is 10.9 Å². The lowest BCUT2D eigenvalue weighted by Gasteiger charge is -2.25. The first-order chi connectivity index (χ1) is 8.17. The van der Waals surface area contributed by atoms with Crippen LogP contribution >= 0.6 is 9.24 Å². The van der Waals surface area contributed by atoms with Crippen LogP contribution in [0.25, 0.3) is 0 Å². The van der Waals surface area contributed by atoms with E-state index in [9.17, 15) is 9.59 Å². The third kappa shape index (κ3) is 5.21. The van der Waals surface area contributed by atoms with E-state index in [-0.39, 0.29) is 24.8 Å². The number of rotatable bonds is 9. The summed E-state index contributed by atoms with van der Waals surface area (Å²) in [6.45, 7) is 12.2. The number of hydrogen-bond acceptors (Lipinski definition) is 4. The van der Waals surface area contributed by atoms with Gasteiger partial charge in [0.25, 0.3) is 0 Å². The molecular weight excluding hydrogens is 251 g/mol. The van der Waals surface area contributed by atoms with Gasteiger partial charge in [-0.15, -0.1) is 0 Å². The largest absolute Gasteiger partial charge is 0.365 e. The second-order valence-electron chi connectivity index (χ2n) is 4.45. The van der Waals surface area contributed by atoms with Gasteiger partial charge in [-0.1, -0.05) is 22.4 Å². The first kappa shape index (κ1) is 17.2. The van der Waals surface area contributed by atoms with E-state index in [4.69, 9.17) is 9.47 Å². The summed E-state index contributed by atoms with van der Waals surface area (Å²) in [6.07, 6.45) is 2.43. The molecule has 0 aromatic rings. The molecule has 2 unspecified atom stereocenters. The van der Waals surface area contributed by atoms with Gasteiger partial charge in [0.05, 0.1) is 13.2 Å². The van der Waals surface area contributed by atoms with Crippen molar-refractivity contribution in [3.8, 4) is 0 Å². The molecule has 0 spiro atoms. The van der Waals surface area contributed by atoms with Crippen LogP contribution in [0.4, 0.5) is 0 Å². The second-order valence-corrected chi connectivity index (χ2v) is 5.55. The summed E-state index contributed by atoms with van der Waals surface area (Å²) in [6, 6.07) is 0. The predicted molar refractivity (Wildman–Crippen MR) is 74.5 cm³/mol. The number of hydrogen-bond donors (Lipinski definition) is 0. The molecule has 0 radical (unpaired) electrons. The molecule has 0 rings (SSSR count). The Labute approximate surface area is 111 Å². The minimum absolute atomic E-state index is 0.196. The number of carbonyl (C=O) groups excluding carboxylic acids is 2. The summed E-state index contributed by atoms with van der Waals surface area (Å²) in [5.41, 5.74) is -0.926. The van der Waals surface area contributed by atoms with E-state index < -0.39 is 10.9 Å². The fraction of sp³-hybridized carbons (Fsp3) is 0.538. The van der Waals surface area contributed by atoms with E-state index in [2.05, 4.69) is 22.4 Å². The van der Waals surface area contributed by atoms with Gasteiger partial charge >= 0.3 is 0 Å². The van der Waals surface area contributed by atoms with E-state index in [1.807, 2.05) is 0 Å². The molecule has 0 aliphatic rings. The van der Waals surface area contributed by atoms with Gasteiger partial charge in [-0.3, -0.25) is 9.59 Å². The third-order valence-electron chi connectivity index (χ3n) is 2.40. The Morgan fingerprint density at radius 1 is 1.06 bits per heavy atom. The van der Waals surface area contributed by atoms with Gasteiger partial charge in [-0.2, -0.15) is 0 Å². The molecule has 0 aromatic carbocycles. The molecule has 0 heterocycles.